The Morgan fingerprint density at radius 3 is 2.68 bits per heavy atom. The monoisotopic (exact) mass is 265 g/mol. The molecule has 1 aliphatic heterocycles. The van der Waals surface area contributed by atoms with Crippen molar-refractivity contribution in [2.45, 2.75) is 64.8 Å². The summed E-state index contributed by atoms with van der Waals surface area (Å²) in [6.45, 7) is 11.3. The fraction of sp³-hybridized carbons (Fsp3) is 0.800. The molecule has 108 valence electrons. The van der Waals surface area contributed by atoms with Crippen LogP contribution in [0.1, 0.15) is 64.4 Å². The Labute approximate surface area is 116 Å². The summed E-state index contributed by atoms with van der Waals surface area (Å²) in [7, 11) is 0. The summed E-state index contributed by atoms with van der Waals surface area (Å²) >= 11 is 0. The zero-order chi connectivity index (χ0) is 14.0. The van der Waals surface area contributed by atoms with Crippen LogP contribution in [0.4, 0.5) is 5.82 Å². The third-order valence-corrected chi connectivity index (χ3v) is 3.70. The highest BCUT2D eigenvalue weighted by atomic mass is 16.5. The van der Waals surface area contributed by atoms with E-state index in [4.69, 9.17) is 15.5 Å². The summed E-state index contributed by atoms with van der Waals surface area (Å²) < 4.78 is 7.78. The summed E-state index contributed by atoms with van der Waals surface area (Å²) in [6, 6.07) is 0. The predicted octanol–water partition coefficient (Wildman–Crippen LogP) is 3.07. The number of rotatable bonds is 3. The molecule has 0 aromatic carbocycles. The Hall–Kier alpha value is -1.03. The highest BCUT2D eigenvalue weighted by Gasteiger charge is 2.28. The van der Waals surface area contributed by atoms with E-state index >= 15 is 0 Å². The molecule has 1 aromatic rings. The zero-order valence-electron chi connectivity index (χ0n) is 12.7. The number of nitrogens with two attached hydrogens (primary N) is 1. The van der Waals surface area contributed by atoms with Crippen molar-refractivity contribution in [1.82, 2.24) is 9.55 Å². The Kier molecular flexibility index (Phi) is 4.19. The topological polar surface area (TPSA) is 53.1 Å². The van der Waals surface area contributed by atoms with Crippen LogP contribution in [0.25, 0.3) is 0 Å². The van der Waals surface area contributed by atoms with Crippen molar-refractivity contribution < 1.29 is 4.74 Å². The maximum Gasteiger partial charge on any atom is 0.127 e. The van der Waals surface area contributed by atoms with Gasteiger partial charge in [0.25, 0.3) is 0 Å². The van der Waals surface area contributed by atoms with Gasteiger partial charge in [-0.3, -0.25) is 0 Å². The summed E-state index contributed by atoms with van der Waals surface area (Å²) in [4.78, 5) is 4.88. The average Bonchev–Trinajstić information content (AvgIpc) is 2.69. The van der Waals surface area contributed by atoms with E-state index in [2.05, 4.69) is 32.3 Å². The van der Waals surface area contributed by atoms with Crippen LogP contribution in [0.3, 0.4) is 0 Å². The molecule has 1 aromatic heterocycles. The summed E-state index contributed by atoms with van der Waals surface area (Å²) in [5, 5.41) is 0. The Morgan fingerprint density at radius 2 is 2.16 bits per heavy atom. The standard InChI is InChI=1S/C15H27N3O/c1-5-8-18-13(16)12(11-7-6-9-19-10-11)17-14(18)15(2,3)4/h11H,5-10,16H2,1-4H3. The molecule has 1 unspecified atom stereocenters. The minimum atomic E-state index is 0.0249. The van der Waals surface area contributed by atoms with Crippen molar-refractivity contribution in [3.63, 3.8) is 0 Å². The molecule has 0 bridgehead atoms. The second-order valence-electron chi connectivity index (χ2n) is 6.52. The number of nitrogen functional groups attached to an aromatic ring is 1. The lowest BCUT2D eigenvalue weighted by molar-refractivity contribution is 0.0795. The number of hydrogen-bond acceptors (Lipinski definition) is 3. The number of aromatic nitrogens is 2. The number of anilines is 1. The van der Waals surface area contributed by atoms with Gasteiger partial charge in [-0.15, -0.1) is 0 Å². The van der Waals surface area contributed by atoms with E-state index in [0.717, 1.165) is 56.4 Å². The number of ether oxygens (including phenoxy) is 1. The van der Waals surface area contributed by atoms with Gasteiger partial charge in [0, 0.05) is 24.5 Å². The van der Waals surface area contributed by atoms with Crippen molar-refractivity contribution in [1.29, 1.82) is 0 Å². The number of hydrogen-bond donors (Lipinski definition) is 1. The normalized spacial score (nSPS) is 20.7. The van der Waals surface area contributed by atoms with Crippen LogP contribution in [-0.4, -0.2) is 22.8 Å². The predicted molar refractivity (Wildman–Crippen MR) is 78.4 cm³/mol. The lowest BCUT2D eigenvalue weighted by atomic mass is 9.95. The number of imidazole rings is 1. The molecule has 0 aliphatic carbocycles. The van der Waals surface area contributed by atoms with E-state index < -0.39 is 0 Å². The highest BCUT2D eigenvalue weighted by Crippen LogP contribution is 2.33. The molecule has 2 N–H and O–H groups in total. The van der Waals surface area contributed by atoms with Crippen LogP contribution in [0.15, 0.2) is 0 Å². The minimum Gasteiger partial charge on any atom is -0.384 e. The van der Waals surface area contributed by atoms with Crippen LogP contribution >= 0.6 is 0 Å². The summed E-state index contributed by atoms with van der Waals surface area (Å²) in [5.41, 5.74) is 7.44. The van der Waals surface area contributed by atoms with Gasteiger partial charge in [-0.2, -0.15) is 0 Å². The first kappa shape index (κ1) is 14.4. The molecule has 2 heterocycles. The second kappa shape index (κ2) is 5.53. The molecular weight excluding hydrogens is 238 g/mol. The molecule has 0 spiro atoms. The Morgan fingerprint density at radius 1 is 1.42 bits per heavy atom. The lowest BCUT2D eigenvalue weighted by Crippen LogP contribution is -2.19. The van der Waals surface area contributed by atoms with Crippen LogP contribution < -0.4 is 5.73 Å². The number of nitrogens with zero attached hydrogens (tertiary/aromatic N) is 2. The molecule has 0 radical (unpaired) electrons. The van der Waals surface area contributed by atoms with Gasteiger partial charge in [0.05, 0.1) is 12.3 Å². The van der Waals surface area contributed by atoms with Crippen LogP contribution in [0.5, 0.6) is 0 Å². The molecule has 19 heavy (non-hydrogen) atoms. The van der Waals surface area contributed by atoms with E-state index in [1.165, 1.54) is 0 Å². The van der Waals surface area contributed by atoms with Gasteiger partial charge >= 0.3 is 0 Å². The molecule has 1 saturated heterocycles. The average molecular weight is 265 g/mol. The fourth-order valence-electron chi connectivity index (χ4n) is 2.76. The Balaban J connectivity index is 2.39. The highest BCUT2D eigenvalue weighted by molar-refractivity contribution is 5.42. The van der Waals surface area contributed by atoms with Gasteiger partial charge in [-0.1, -0.05) is 27.7 Å². The van der Waals surface area contributed by atoms with Crippen molar-refractivity contribution in [2.75, 3.05) is 18.9 Å². The van der Waals surface area contributed by atoms with Crippen LogP contribution in [0.2, 0.25) is 0 Å². The lowest BCUT2D eigenvalue weighted by Gasteiger charge is -2.21. The SMILES string of the molecule is CCCn1c(C(C)(C)C)nc(C2CCCOC2)c1N. The molecule has 1 fully saturated rings. The molecular formula is C15H27N3O. The van der Waals surface area contributed by atoms with E-state index in [-0.39, 0.29) is 5.41 Å². The maximum atomic E-state index is 6.36. The summed E-state index contributed by atoms with van der Waals surface area (Å²) in [6.07, 6.45) is 3.32. The van der Waals surface area contributed by atoms with Crippen molar-refractivity contribution in [3.05, 3.63) is 11.5 Å². The molecule has 4 heteroatoms. The smallest absolute Gasteiger partial charge is 0.127 e. The first-order chi connectivity index (χ1) is 8.95. The molecule has 1 aliphatic rings. The Bertz CT molecular complexity index is 425. The second-order valence-corrected chi connectivity index (χ2v) is 6.52. The van der Waals surface area contributed by atoms with Gasteiger partial charge in [0.15, 0.2) is 0 Å². The molecule has 0 amide bonds. The zero-order valence-corrected chi connectivity index (χ0v) is 12.7. The van der Waals surface area contributed by atoms with Gasteiger partial charge in [-0.25, -0.2) is 4.98 Å². The van der Waals surface area contributed by atoms with E-state index in [9.17, 15) is 0 Å². The van der Waals surface area contributed by atoms with Crippen molar-refractivity contribution in [3.8, 4) is 0 Å². The molecule has 0 saturated carbocycles. The first-order valence-corrected chi connectivity index (χ1v) is 7.39. The summed E-state index contributed by atoms with van der Waals surface area (Å²) in [5.74, 6) is 2.32. The van der Waals surface area contributed by atoms with Crippen LogP contribution in [0, 0.1) is 0 Å². The van der Waals surface area contributed by atoms with Gasteiger partial charge in [0.1, 0.15) is 11.6 Å². The largest absolute Gasteiger partial charge is 0.384 e. The quantitative estimate of drug-likeness (QED) is 0.913. The molecule has 2 rings (SSSR count). The van der Waals surface area contributed by atoms with E-state index in [1.54, 1.807) is 0 Å². The van der Waals surface area contributed by atoms with E-state index in [1.807, 2.05) is 0 Å². The first-order valence-electron chi connectivity index (χ1n) is 7.39. The maximum absolute atomic E-state index is 6.36. The van der Waals surface area contributed by atoms with Crippen molar-refractivity contribution >= 4 is 5.82 Å². The van der Waals surface area contributed by atoms with Gasteiger partial charge in [-0.05, 0) is 19.3 Å². The van der Waals surface area contributed by atoms with Gasteiger partial charge < -0.3 is 15.0 Å². The van der Waals surface area contributed by atoms with Gasteiger partial charge in [0.2, 0.25) is 0 Å². The third kappa shape index (κ3) is 2.94. The molecule has 4 nitrogen and oxygen atoms in total. The minimum absolute atomic E-state index is 0.0249. The van der Waals surface area contributed by atoms with Crippen LogP contribution in [-0.2, 0) is 16.7 Å². The third-order valence-electron chi connectivity index (χ3n) is 3.70. The van der Waals surface area contributed by atoms with Crippen molar-refractivity contribution in [2.24, 2.45) is 0 Å². The molecule has 1 atom stereocenters. The van der Waals surface area contributed by atoms with E-state index in [0.29, 0.717) is 5.92 Å². The fourth-order valence-corrected chi connectivity index (χ4v) is 2.76.